The predicted octanol–water partition coefficient (Wildman–Crippen LogP) is 2.02. The van der Waals surface area contributed by atoms with Crippen LogP contribution in [0, 0.1) is 0 Å². The molecule has 16 heavy (non-hydrogen) atoms. The second-order valence-corrected chi connectivity index (χ2v) is 3.78. The molecule has 1 aromatic rings. The molecule has 0 radical (unpaired) electrons. The first-order valence-electron chi connectivity index (χ1n) is 5.28. The fourth-order valence-corrected chi connectivity index (χ4v) is 1.51. The Balaban J connectivity index is 2.30. The molecule has 1 aromatic carbocycles. The maximum absolute atomic E-state index is 11.8. The van der Waals surface area contributed by atoms with Crippen LogP contribution in [0.5, 0.6) is 11.5 Å². The zero-order valence-electron chi connectivity index (χ0n) is 9.36. The van der Waals surface area contributed by atoms with Crippen molar-refractivity contribution in [2.24, 2.45) is 0 Å². The summed E-state index contributed by atoms with van der Waals surface area (Å²) in [6.07, 6.45) is -0.145. The highest BCUT2D eigenvalue weighted by Gasteiger charge is 2.21. The summed E-state index contributed by atoms with van der Waals surface area (Å²) in [5.74, 6) is 0.709. The molecule has 0 bridgehead atoms. The van der Waals surface area contributed by atoms with Crippen molar-refractivity contribution in [2.45, 2.75) is 20.0 Å². The van der Waals surface area contributed by atoms with Crippen LogP contribution in [0.15, 0.2) is 18.2 Å². The number of rotatable bonds is 2. The van der Waals surface area contributed by atoms with E-state index >= 15 is 0 Å². The molecule has 0 saturated heterocycles. The Bertz CT molecular complexity index is 398. The molecule has 0 fully saturated rings. The average molecular weight is 222 g/mol. The SMILES string of the molecule is CC(C)OC(=O)c1cccc2c1OCCO2. The first-order chi connectivity index (χ1) is 7.68. The molecular formula is C12H14O4. The van der Waals surface area contributed by atoms with E-state index in [1.165, 1.54) is 0 Å². The van der Waals surface area contributed by atoms with Crippen molar-refractivity contribution >= 4 is 5.97 Å². The first-order valence-corrected chi connectivity index (χ1v) is 5.28. The number of carbonyl (C=O) groups is 1. The van der Waals surface area contributed by atoms with Gasteiger partial charge in [0.1, 0.15) is 18.8 Å². The van der Waals surface area contributed by atoms with Gasteiger partial charge in [-0.2, -0.15) is 0 Å². The molecule has 0 unspecified atom stereocenters. The van der Waals surface area contributed by atoms with E-state index in [1.54, 1.807) is 18.2 Å². The van der Waals surface area contributed by atoms with Crippen molar-refractivity contribution in [3.63, 3.8) is 0 Å². The van der Waals surface area contributed by atoms with E-state index in [9.17, 15) is 4.79 Å². The second-order valence-electron chi connectivity index (χ2n) is 3.78. The first kappa shape index (κ1) is 10.8. The van der Waals surface area contributed by atoms with Crippen LogP contribution in [0.1, 0.15) is 24.2 Å². The van der Waals surface area contributed by atoms with Crippen LogP contribution in [0.3, 0.4) is 0 Å². The van der Waals surface area contributed by atoms with Gasteiger partial charge in [0.05, 0.1) is 6.10 Å². The van der Waals surface area contributed by atoms with Crippen LogP contribution >= 0.6 is 0 Å². The Kier molecular flexibility index (Phi) is 2.99. The van der Waals surface area contributed by atoms with E-state index in [-0.39, 0.29) is 12.1 Å². The van der Waals surface area contributed by atoms with Crippen molar-refractivity contribution in [1.82, 2.24) is 0 Å². The van der Waals surface area contributed by atoms with Crippen LogP contribution in [0.2, 0.25) is 0 Å². The van der Waals surface area contributed by atoms with Gasteiger partial charge in [0, 0.05) is 0 Å². The summed E-state index contributed by atoms with van der Waals surface area (Å²) >= 11 is 0. The van der Waals surface area contributed by atoms with Gasteiger partial charge in [-0.05, 0) is 26.0 Å². The van der Waals surface area contributed by atoms with Gasteiger partial charge in [0.25, 0.3) is 0 Å². The fourth-order valence-electron chi connectivity index (χ4n) is 1.51. The molecule has 1 aliphatic heterocycles. The van der Waals surface area contributed by atoms with Crippen LogP contribution < -0.4 is 9.47 Å². The lowest BCUT2D eigenvalue weighted by Gasteiger charge is -2.20. The summed E-state index contributed by atoms with van der Waals surface area (Å²) in [6.45, 7) is 4.59. The molecule has 1 heterocycles. The van der Waals surface area contributed by atoms with Gasteiger partial charge in [0.2, 0.25) is 0 Å². The minimum Gasteiger partial charge on any atom is -0.486 e. The number of hydrogen-bond acceptors (Lipinski definition) is 4. The van der Waals surface area contributed by atoms with E-state index in [1.807, 2.05) is 13.8 Å². The standard InChI is InChI=1S/C12H14O4/c1-8(2)16-12(13)9-4-3-5-10-11(9)15-7-6-14-10/h3-5,8H,6-7H2,1-2H3. The monoisotopic (exact) mass is 222 g/mol. The average Bonchev–Trinajstić information content (AvgIpc) is 2.27. The molecule has 86 valence electrons. The smallest absolute Gasteiger partial charge is 0.342 e. The third kappa shape index (κ3) is 2.10. The van der Waals surface area contributed by atoms with Crippen LogP contribution in [-0.4, -0.2) is 25.3 Å². The molecule has 0 amide bonds. The van der Waals surface area contributed by atoms with Gasteiger partial charge in [-0.3, -0.25) is 0 Å². The van der Waals surface area contributed by atoms with Gasteiger partial charge in [-0.1, -0.05) is 6.07 Å². The third-order valence-corrected chi connectivity index (χ3v) is 2.13. The Labute approximate surface area is 94.1 Å². The van der Waals surface area contributed by atoms with Crippen LogP contribution in [-0.2, 0) is 4.74 Å². The van der Waals surface area contributed by atoms with Crippen molar-refractivity contribution < 1.29 is 19.0 Å². The summed E-state index contributed by atoms with van der Waals surface area (Å²) in [7, 11) is 0. The highest BCUT2D eigenvalue weighted by atomic mass is 16.6. The molecule has 0 aromatic heterocycles. The number of fused-ring (bicyclic) bond motifs is 1. The van der Waals surface area contributed by atoms with Gasteiger partial charge in [0.15, 0.2) is 11.5 Å². The zero-order valence-corrected chi connectivity index (χ0v) is 9.36. The van der Waals surface area contributed by atoms with E-state index < -0.39 is 0 Å². The van der Waals surface area contributed by atoms with Gasteiger partial charge >= 0.3 is 5.97 Å². The molecule has 4 nitrogen and oxygen atoms in total. The molecule has 0 atom stereocenters. The highest BCUT2D eigenvalue weighted by molar-refractivity contribution is 5.93. The summed E-state index contributed by atoms with van der Waals surface area (Å²) in [5, 5.41) is 0. The Hall–Kier alpha value is -1.71. The van der Waals surface area contributed by atoms with E-state index in [0.29, 0.717) is 30.3 Å². The van der Waals surface area contributed by atoms with Crippen molar-refractivity contribution in [3.8, 4) is 11.5 Å². The van der Waals surface area contributed by atoms with Crippen LogP contribution in [0.4, 0.5) is 0 Å². The van der Waals surface area contributed by atoms with Gasteiger partial charge in [-0.25, -0.2) is 4.79 Å². The number of para-hydroxylation sites is 1. The molecule has 2 rings (SSSR count). The molecule has 0 saturated carbocycles. The van der Waals surface area contributed by atoms with Crippen molar-refractivity contribution in [1.29, 1.82) is 0 Å². The van der Waals surface area contributed by atoms with Gasteiger partial charge in [-0.15, -0.1) is 0 Å². The molecule has 0 spiro atoms. The summed E-state index contributed by atoms with van der Waals surface area (Å²) < 4.78 is 15.9. The van der Waals surface area contributed by atoms with E-state index in [0.717, 1.165) is 0 Å². The number of esters is 1. The number of hydrogen-bond donors (Lipinski definition) is 0. The molecule has 0 N–H and O–H groups in total. The van der Waals surface area contributed by atoms with E-state index in [2.05, 4.69) is 0 Å². The lowest BCUT2D eigenvalue weighted by atomic mass is 10.2. The van der Waals surface area contributed by atoms with E-state index in [4.69, 9.17) is 14.2 Å². The molecule has 0 aliphatic carbocycles. The lowest BCUT2D eigenvalue weighted by molar-refractivity contribution is 0.0369. The Morgan fingerprint density at radius 2 is 2.06 bits per heavy atom. The molecule has 4 heteroatoms. The minimum absolute atomic E-state index is 0.145. The summed E-state index contributed by atoms with van der Waals surface area (Å²) in [4.78, 5) is 11.8. The minimum atomic E-state index is -0.377. The number of benzene rings is 1. The topological polar surface area (TPSA) is 44.8 Å². The van der Waals surface area contributed by atoms with Gasteiger partial charge < -0.3 is 14.2 Å². The lowest BCUT2D eigenvalue weighted by Crippen LogP contribution is -2.19. The summed E-state index contributed by atoms with van der Waals surface area (Å²) in [5.41, 5.74) is 0.422. The molecule has 1 aliphatic rings. The Morgan fingerprint density at radius 1 is 1.31 bits per heavy atom. The largest absolute Gasteiger partial charge is 0.486 e. The maximum Gasteiger partial charge on any atom is 0.342 e. The normalized spacial score (nSPS) is 13.7. The predicted molar refractivity (Wildman–Crippen MR) is 58.0 cm³/mol. The fraction of sp³-hybridized carbons (Fsp3) is 0.417. The van der Waals surface area contributed by atoms with Crippen molar-refractivity contribution in [2.75, 3.05) is 13.2 Å². The summed E-state index contributed by atoms with van der Waals surface area (Å²) in [6, 6.07) is 5.21. The quantitative estimate of drug-likeness (QED) is 0.718. The zero-order chi connectivity index (χ0) is 11.5. The number of carbonyl (C=O) groups excluding carboxylic acids is 1. The number of ether oxygens (including phenoxy) is 3. The van der Waals surface area contributed by atoms with Crippen molar-refractivity contribution in [3.05, 3.63) is 23.8 Å². The van der Waals surface area contributed by atoms with Crippen LogP contribution in [0.25, 0.3) is 0 Å². The maximum atomic E-state index is 11.8. The molecular weight excluding hydrogens is 208 g/mol. The highest BCUT2D eigenvalue weighted by Crippen LogP contribution is 2.33. The third-order valence-electron chi connectivity index (χ3n) is 2.13. The Morgan fingerprint density at radius 3 is 2.81 bits per heavy atom. The second kappa shape index (κ2) is 4.43.